The van der Waals surface area contributed by atoms with Crippen molar-refractivity contribution in [1.82, 2.24) is 30.2 Å². The summed E-state index contributed by atoms with van der Waals surface area (Å²) in [5.41, 5.74) is 0. The van der Waals surface area contributed by atoms with Crippen LogP contribution in [-0.4, -0.2) is 120 Å². The Morgan fingerprint density at radius 1 is 1.03 bits per heavy atom. The van der Waals surface area contributed by atoms with Crippen LogP contribution in [0, 0.1) is 5.92 Å². The fraction of sp³-hybridized carbons (Fsp3) is 0.926. The molecule has 0 radical (unpaired) electrons. The van der Waals surface area contributed by atoms with Gasteiger partial charge in [-0.1, -0.05) is 6.42 Å². The van der Waals surface area contributed by atoms with Gasteiger partial charge in [0.1, 0.15) is 6.04 Å². The highest BCUT2D eigenvalue weighted by Crippen LogP contribution is 2.33. The van der Waals surface area contributed by atoms with Gasteiger partial charge in [0.15, 0.2) is 0 Å². The number of nitrogens with one attached hydrogen (secondary N) is 2. The van der Waals surface area contributed by atoms with Gasteiger partial charge in [0.05, 0.1) is 6.17 Å². The van der Waals surface area contributed by atoms with Crippen LogP contribution in [0.3, 0.4) is 0 Å². The topological polar surface area (TPSA) is 71.2 Å². The Balaban J connectivity index is 1.10. The largest absolute Gasteiger partial charge is 0.353 e. The van der Waals surface area contributed by atoms with Crippen molar-refractivity contribution >= 4 is 23.4 Å². The molecule has 0 aromatic rings. The van der Waals surface area contributed by atoms with Crippen LogP contribution in [0.4, 0.5) is 0 Å². The molecule has 1 aliphatic carbocycles. The molecule has 0 aromatic heterocycles. The number of carbonyl (C=O) groups is 2. The van der Waals surface area contributed by atoms with E-state index < -0.39 is 0 Å². The van der Waals surface area contributed by atoms with Crippen LogP contribution in [0.1, 0.15) is 64.2 Å². The quantitative estimate of drug-likeness (QED) is 0.517. The van der Waals surface area contributed by atoms with Crippen LogP contribution in [0.2, 0.25) is 0 Å². The molecule has 8 nitrogen and oxygen atoms in total. The molecule has 1 saturated carbocycles. The Kier molecular flexibility index (Phi) is 9.10. The zero-order chi connectivity index (χ0) is 25.1. The first-order valence-electron chi connectivity index (χ1n) is 14.6. The van der Waals surface area contributed by atoms with Gasteiger partial charge in [0, 0.05) is 69.7 Å². The van der Waals surface area contributed by atoms with Gasteiger partial charge in [-0.15, -0.1) is 11.6 Å². The molecule has 2 amide bonds. The SMILES string of the molecule is CN1[C@@H](CCC(=O)N2CCN(C3CCCCN3)CC2)CNC(=O)[C@@H]2[C@@H]1CCN2CC1CCCC(Cl)C1. The minimum Gasteiger partial charge on any atom is -0.353 e. The first-order chi connectivity index (χ1) is 17.5. The van der Waals surface area contributed by atoms with E-state index in [0.29, 0.717) is 30.4 Å². The second kappa shape index (κ2) is 12.3. The molecule has 9 heteroatoms. The highest BCUT2D eigenvalue weighted by Gasteiger charge is 2.45. The Morgan fingerprint density at radius 3 is 2.61 bits per heavy atom. The Hall–Kier alpha value is -0.930. The van der Waals surface area contributed by atoms with E-state index in [9.17, 15) is 9.59 Å². The summed E-state index contributed by atoms with van der Waals surface area (Å²) in [6, 6.07) is 0.366. The second-order valence-corrected chi connectivity index (χ2v) is 12.5. The highest BCUT2D eigenvalue weighted by atomic mass is 35.5. The van der Waals surface area contributed by atoms with Crippen LogP contribution in [-0.2, 0) is 9.59 Å². The molecule has 5 aliphatic rings. The van der Waals surface area contributed by atoms with E-state index in [1.54, 1.807) is 0 Å². The van der Waals surface area contributed by atoms with E-state index in [-0.39, 0.29) is 29.9 Å². The van der Waals surface area contributed by atoms with Crippen molar-refractivity contribution in [2.24, 2.45) is 5.92 Å². The van der Waals surface area contributed by atoms with Gasteiger partial charge in [-0.2, -0.15) is 0 Å². The van der Waals surface area contributed by atoms with Crippen LogP contribution in [0.25, 0.3) is 0 Å². The fourth-order valence-electron chi connectivity index (χ4n) is 7.45. The number of halogens is 1. The molecule has 36 heavy (non-hydrogen) atoms. The third kappa shape index (κ3) is 6.20. The maximum absolute atomic E-state index is 13.2. The number of nitrogens with zero attached hydrogens (tertiary/aromatic N) is 4. The van der Waals surface area contributed by atoms with Crippen molar-refractivity contribution < 1.29 is 9.59 Å². The molecule has 3 unspecified atom stereocenters. The Labute approximate surface area is 222 Å². The summed E-state index contributed by atoms with van der Waals surface area (Å²) in [6.45, 7) is 7.30. The van der Waals surface area contributed by atoms with Gasteiger partial charge < -0.3 is 15.5 Å². The molecule has 0 spiro atoms. The highest BCUT2D eigenvalue weighted by molar-refractivity contribution is 6.20. The number of fused-ring (bicyclic) bond motifs is 1. The van der Waals surface area contributed by atoms with E-state index in [1.807, 2.05) is 0 Å². The number of hydrogen-bond donors (Lipinski definition) is 2. The molecule has 4 saturated heterocycles. The standard InChI is InChI=1S/C27H47ClN6O2/c1-31-22(8-9-25(35)33-15-13-32(14-16-33)24-7-2-3-11-29-24)18-30-27(36)26-23(31)10-12-34(26)19-20-5-4-6-21(28)17-20/h20-24,26,29H,2-19H2,1H3,(H,30,36)/t20?,21?,22-,23-,24?,26-/m0/s1. The summed E-state index contributed by atoms with van der Waals surface area (Å²) in [4.78, 5) is 35.6. The molecular weight excluding hydrogens is 476 g/mol. The van der Waals surface area contributed by atoms with E-state index in [0.717, 1.165) is 71.5 Å². The number of likely N-dealkylation sites (tertiary alicyclic amines) is 1. The smallest absolute Gasteiger partial charge is 0.239 e. The van der Waals surface area contributed by atoms with Gasteiger partial charge in [-0.25, -0.2) is 0 Å². The lowest BCUT2D eigenvalue weighted by Gasteiger charge is -2.41. The predicted octanol–water partition coefficient (Wildman–Crippen LogP) is 1.68. The van der Waals surface area contributed by atoms with Crippen molar-refractivity contribution in [3.8, 4) is 0 Å². The van der Waals surface area contributed by atoms with Gasteiger partial charge in [0.25, 0.3) is 0 Å². The number of piperazine rings is 1. The van der Waals surface area contributed by atoms with Gasteiger partial charge in [-0.3, -0.25) is 24.3 Å². The molecular formula is C27H47ClN6O2. The van der Waals surface area contributed by atoms with Gasteiger partial charge in [-0.05, 0) is 70.9 Å². The third-order valence-electron chi connectivity index (χ3n) is 9.64. The Morgan fingerprint density at radius 2 is 1.86 bits per heavy atom. The van der Waals surface area contributed by atoms with Crippen molar-refractivity contribution in [2.75, 3.05) is 59.4 Å². The average molecular weight is 523 g/mol. The van der Waals surface area contributed by atoms with Crippen molar-refractivity contribution in [2.45, 2.75) is 93.9 Å². The van der Waals surface area contributed by atoms with Crippen molar-refractivity contribution in [3.63, 3.8) is 0 Å². The lowest BCUT2D eigenvalue weighted by molar-refractivity contribution is -0.134. The number of alkyl halides is 1. The van der Waals surface area contributed by atoms with Crippen LogP contribution in [0.15, 0.2) is 0 Å². The number of likely N-dealkylation sites (N-methyl/N-ethyl adjacent to an activating group) is 1. The summed E-state index contributed by atoms with van der Waals surface area (Å²) in [7, 11) is 2.17. The second-order valence-electron chi connectivity index (χ2n) is 11.9. The third-order valence-corrected chi connectivity index (χ3v) is 10.0. The molecule has 5 fully saturated rings. The first-order valence-corrected chi connectivity index (χ1v) is 15.1. The molecule has 0 aromatic carbocycles. The number of amides is 2. The minimum atomic E-state index is -0.0760. The summed E-state index contributed by atoms with van der Waals surface area (Å²) in [5, 5.41) is 7.16. The van der Waals surface area contributed by atoms with Gasteiger partial charge >= 0.3 is 0 Å². The van der Waals surface area contributed by atoms with Crippen LogP contribution >= 0.6 is 11.6 Å². The fourth-order valence-corrected chi connectivity index (χ4v) is 7.86. The van der Waals surface area contributed by atoms with Crippen LogP contribution < -0.4 is 10.6 Å². The number of rotatable bonds is 6. The molecule has 4 aliphatic heterocycles. The first kappa shape index (κ1) is 26.7. The minimum absolute atomic E-state index is 0.0760. The number of carbonyl (C=O) groups excluding carboxylic acids is 2. The van der Waals surface area contributed by atoms with E-state index >= 15 is 0 Å². The summed E-state index contributed by atoms with van der Waals surface area (Å²) in [6.07, 6.45) is 11.3. The summed E-state index contributed by atoms with van der Waals surface area (Å²) < 4.78 is 0. The summed E-state index contributed by atoms with van der Waals surface area (Å²) in [5.74, 6) is 1.04. The zero-order valence-electron chi connectivity index (χ0n) is 22.2. The van der Waals surface area contributed by atoms with Gasteiger partial charge in [0.2, 0.25) is 11.8 Å². The van der Waals surface area contributed by atoms with E-state index in [1.165, 1.54) is 32.1 Å². The zero-order valence-corrected chi connectivity index (χ0v) is 22.9. The number of piperidine rings is 1. The van der Waals surface area contributed by atoms with E-state index in [2.05, 4.69) is 37.3 Å². The molecule has 4 heterocycles. The normalized spacial score (nSPS) is 37.4. The maximum Gasteiger partial charge on any atom is 0.239 e. The molecule has 5 rings (SSSR count). The Bertz CT molecular complexity index is 757. The maximum atomic E-state index is 13.2. The molecule has 6 atom stereocenters. The molecule has 2 N–H and O–H groups in total. The van der Waals surface area contributed by atoms with Crippen LogP contribution in [0.5, 0.6) is 0 Å². The molecule has 204 valence electrons. The van der Waals surface area contributed by atoms with E-state index in [4.69, 9.17) is 11.6 Å². The summed E-state index contributed by atoms with van der Waals surface area (Å²) >= 11 is 6.45. The molecule has 0 bridgehead atoms. The predicted molar refractivity (Wildman–Crippen MR) is 143 cm³/mol. The monoisotopic (exact) mass is 522 g/mol. The average Bonchev–Trinajstić information content (AvgIpc) is 3.27. The lowest BCUT2D eigenvalue weighted by atomic mass is 9.88. The van der Waals surface area contributed by atoms with Crippen molar-refractivity contribution in [3.05, 3.63) is 0 Å². The van der Waals surface area contributed by atoms with Crippen molar-refractivity contribution in [1.29, 1.82) is 0 Å². The number of hydrogen-bond acceptors (Lipinski definition) is 6. The lowest BCUT2D eigenvalue weighted by Crippen LogP contribution is -2.56.